The Kier molecular flexibility index (Phi) is 4.61. The van der Waals surface area contributed by atoms with E-state index in [1.54, 1.807) is 11.3 Å². The summed E-state index contributed by atoms with van der Waals surface area (Å²) in [5.41, 5.74) is 9.73. The number of rotatable bonds is 4. The molecule has 0 aliphatic heterocycles. The number of nitrogen functional groups attached to an aromatic ring is 1. The van der Waals surface area contributed by atoms with Crippen LogP contribution in [0.3, 0.4) is 0 Å². The molecule has 0 aliphatic carbocycles. The van der Waals surface area contributed by atoms with Crippen molar-refractivity contribution in [2.45, 2.75) is 33.1 Å². The minimum atomic E-state index is 0.691. The minimum Gasteiger partial charge on any atom is -0.375 e. The number of thiazole rings is 1. The lowest BCUT2D eigenvalue weighted by atomic mass is 10.0. The van der Waals surface area contributed by atoms with E-state index in [0.717, 1.165) is 19.3 Å². The van der Waals surface area contributed by atoms with Gasteiger partial charge >= 0.3 is 0 Å². The Hall–Kier alpha value is -0.620. The molecule has 0 radical (unpaired) electrons. The number of halogens is 1. The summed E-state index contributed by atoms with van der Waals surface area (Å²) in [5, 5.41) is 0.691. The predicted molar refractivity (Wildman–Crippen MR) is 87.2 cm³/mol. The summed E-state index contributed by atoms with van der Waals surface area (Å²) in [5.74, 6) is 0. The van der Waals surface area contributed by atoms with Crippen molar-refractivity contribution in [1.29, 1.82) is 0 Å². The average molecular weight is 372 g/mol. The molecule has 0 bridgehead atoms. The summed E-state index contributed by atoms with van der Waals surface area (Å²) < 4.78 is 1.28. The zero-order chi connectivity index (χ0) is 13.1. The molecule has 1 aromatic heterocycles. The van der Waals surface area contributed by atoms with Crippen LogP contribution >= 0.6 is 33.9 Å². The quantitative estimate of drug-likeness (QED) is 0.818. The van der Waals surface area contributed by atoms with Gasteiger partial charge in [-0.25, -0.2) is 4.98 Å². The van der Waals surface area contributed by atoms with Crippen LogP contribution in [0.5, 0.6) is 0 Å². The smallest absolute Gasteiger partial charge is 0.180 e. The van der Waals surface area contributed by atoms with Gasteiger partial charge in [0.1, 0.15) is 0 Å². The molecule has 2 aromatic rings. The lowest BCUT2D eigenvalue weighted by Crippen LogP contribution is -1.95. The maximum atomic E-state index is 5.84. The van der Waals surface area contributed by atoms with Gasteiger partial charge in [-0.15, -0.1) is 11.3 Å². The van der Waals surface area contributed by atoms with Gasteiger partial charge in [-0.05, 0) is 59.2 Å². The van der Waals surface area contributed by atoms with Gasteiger partial charge in [0.15, 0.2) is 5.13 Å². The van der Waals surface area contributed by atoms with Gasteiger partial charge in [0.2, 0.25) is 0 Å². The molecule has 2 N–H and O–H groups in total. The third-order valence-electron chi connectivity index (χ3n) is 2.94. The molecule has 0 spiro atoms. The molecule has 1 heterocycles. The van der Waals surface area contributed by atoms with Crippen molar-refractivity contribution in [3.63, 3.8) is 0 Å². The fourth-order valence-corrected chi connectivity index (χ4v) is 3.43. The van der Waals surface area contributed by atoms with Crippen molar-refractivity contribution >= 4 is 39.1 Å². The first-order chi connectivity index (χ1) is 8.60. The normalized spacial score (nSPS) is 10.8. The fourth-order valence-electron chi connectivity index (χ4n) is 1.98. The third-order valence-corrected chi connectivity index (χ3v) is 4.54. The molecule has 0 saturated carbocycles. The van der Waals surface area contributed by atoms with Crippen LogP contribution in [0.4, 0.5) is 5.13 Å². The zero-order valence-electron chi connectivity index (χ0n) is 10.7. The molecule has 0 atom stereocenters. The number of aromatic nitrogens is 1. The molecule has 1 aromatic carbocycles. The second-order valence-electron chi connectivity index (χ2n) is 4.42. The van der Waals surface area contributed by atoms with Crippen LogP contribution in [0, 0.1) is 10.5 Å². The molecule has 96 valence electrons. The topological polar surface area (TPSA) is 38.9 Å². The SMILES string of the molecule is CCCc1nc(N)sc1Cc1cc(I)ccc1C. The molecule has 0 aliphatic rings. The standard InChI is InChI=1S/C14H17IN2S/c1-3-4-12-13(18-14(16)17-12)8-10-7-11(15)6-5-9(10)2/h5-7H,3-4,8H2,1-2H3,(H2,16,17). The Labute approximate surface area is 126 Å². The Balaban J connectivity index is 2.30. The number of benzene rings is 1. The van der Waals surface area contributed by atoms with Gasteiger partial charge in [0.05, 0.1) is 5.69 Å². The Bertz CT molecular complexity index is 549. The number of hydrogen-bond acceptors (Lipinski definition) is 3. The summed E-state index contributed by atoms with van der Waals surface area (Å²) in [7, 11) is 0. The van der Waals surface area contributed by atoms with Crippen LogP contribution in [-0.2, 0) is 12.8 Å². The monoisotopic (exact) mass is 372 g/mol. The highest BCUT2D eigenvalue weighted by Crippen LogP contribution is 2.26. The van der Waals surface area contributed by atoms with E-state index in [2.05, 4.69) is 59.6 Å². The first-order valence-corrected chi connectivity index (χ1v) is 7.98. The van der Waals surface area contributed by atoms with E-state index < -0.39 is 0 Å². The van der Waals surface area contributed by atoms with Crippen LogP contribution in [0.1, 0.15) is 35.0 Å². The summed E-state index contributed by atoms with van der Waals surface area (Å²) in [6.45, 7) is 4.34. The first-order valence-electron chi connectivity index (χ1n) is 6.09. The largest absolute Gasteiger partial charge is 0.375 e. The second-order valence-corrected chi connectivity index (χ2v) is 6.78. The molecule has 0 unspecified atom stereocenters. The highest BCUT2D eigenvalue weighted by atomic mass is 127. The van der Waals surface area contributed by atoms with Crippen molar-refractivity contribution in [3.8, 4) is 0 Å². The van der Waals surface area contributed by atoms with E-state index in [0.29, 0.717) is 5.13 Å². The molecule has 4 heteroatoms. The van der Waals surface area contributed by atoms with Crippen molar-refractivity contribution < 1.29 is 0 Å². The van der Waals surface area contributed by atoms with Gasteiger partial charge in [0, 0.05) is 14.9 Å². The molecule has 0 fully saturated rings. The van der Waals surface area contributed by atoms with Gasteiger partial charge in [-0.1, -0.05) is 19.4 Å². The molecular formula is C14H17IN2S. The molecular weight excluding hydrogens is 355 g/mol. The highest BCUT2D eigenvalue weighted by molar-refractivity contribution is 14.1. The molecule has 0 amide bonds. The van der Waals surface area contributed by atoms with Crippen molar-refractivity contribution in [3.05, 3.63) is 43.5 Å². The highest BCUT2D eigenvalue weighted by Gasteiger charge is 2.11. The Morgan fingerprint density at radius 1 is 1.39 bits per heavy atom. The van der Waals surface area contributed by atoms with E-state index in [-0.39, 0.29) is 0 Å². The Morgan fingerprint density at radius 2 is 2.17 bits per heavy atom. The van der Waals surface area contributed by atoms with Gasteiger partial charge in [0.25, 0.3) is 0 Å². The number of nitrogens with two attached hydrogens (primary N) is 1. The number of nitrogens with zero attached hydrogens (tertiary/aromatic N) is 1. The fraction of sp³-hybridized carbons (Fsp3) is 0.357. The van der Waals surface area contributed by atoms with Crippen molar-refractivity contribution in [2.24, 2.45) is 0 Å². The average Bonchev–Trinajstić information content (AvgIpc) is 2.65. The molecule has 18 heavy (non-hydrogen) atoms. The summed E-state index contributed by atoms with van der Waals surface area (Å²) in [4.78, 5) is 5.76. The van der Waals surface area contributed by atoms with Gasteiger partial charge in [-0.3, -0.25) is 0 Å². The van der Waals surface area contributed by atoms with Gasteiger partial charge in [-0.2, -0.15) is 0 Å². The van der Waals surface area contributed by atoms with Crippen LogP contribution in [0.25, 0.3) is 0 Å². The lowest BCUT2D eigenvalue weighted by Gasteiger charge is -2.06. The molecule has 0 saturated heterocycles. The maximum absolute atomic E-state index is 5.84. The van der Waals surface area contributed by atoms with E-state index in [1.165, 1.54) is 25.3 Å². The van der Waals surface area contributed by atoms with Crippen LogP contribution < -0.4 is 5.73 Å². The lowest BCUT2D eigenvalue weighted by molar-refractivity contribution is 0.879. The minimum absolute atomic E-state index is 0.691. The Morgan fingerprint density at radius 3 is 2.89 bits per heavy atom. The van der Waals surface area contributed by atoms with Crippen LogP contribution in [0.2, 0.25) is 0 Å². The second kappa shape index (κ2) is 6.02. The van der Waals surface area contributed by atoms with E-state index in [4.69, 9.17) is 5.73 Å². The first kappa shape index (κ1) is 13.8. The van der Waals surface area contributed by atoms with E-state index in [9.17, 15) is 0 Å². The van der Waals surface area contributed by atoms with E-state index in [1.807, 2.05) is 0 Å². The summed E-state index contributed by atoms with van der Waals surface area (Å²) in [6, 6.07) is 6.58. The van der Waals surface area contributed by atoms with Crippen LogP contribution in [0.15, 0.2) is 18.2 Å². The maximum Gasteiger partial charge on any atom is 0.180 e. The number of anilines is 1. The van der Waals surface area contributed by atoms with Crippen LogP contribution in [-0.4, -0.2) is 4.98 Å². The number of hydrogen-bond donors (Lipinski definition) is 1. The zero-order valence-corrected chi connectivity index (χ0v) is 13.6. The molecule has 2 nitrogen and oxygen atoms in total. The molecule has 2 rings (SSSR count). The summed E-state index contributed by atoms with van der Waals surface area (Å²) >= 11 is 3.99. The van der Waals surface area contributed by atoms with E-state index >= 15 is 0 Å². The van der Waals surface area contributed by atoms with Gasteiger partial charge < -0.3 is 5.73 Å². The summed E-state index contributed by atoms with van der Waals surface area (Å²) in [6.07, 6.45) is 3.08. The number of aryl methyl sites for hydroxylation is 2. The van der Waals surface area contributed by atoms with Crippen molar-refractivity contribution in [1.82, 2.24) is 4.98 Å². The predicted octanol–water partition coefficient (Wildman–Crippen LogP) is 4.18. The third kappa shape index (κ3) is 3.23. The van der Waals surface area contributed by atoms with Crippen molar-refractivity contribution in [2.75, 3.05) is 5.73 Å².